The van der Waals surface area contributed by atoms with Crippen LogP contribution in [0.15, 0.2) is 11.6 Å². The molecule has 0 aromatic carbocycles. The lowest BCUT2D eigenvalue weighted by Gasteiger charge is -2.57. The van der Waals surface area contributed by atoms with Crippen LogP contribution in [0.2, 0.25) is 0 Å². The Morgan fingerprint density at radius 3 is 2.67 bits per heavy atom. The molecule has 0 unspecified atom stereocenters. The third-order valence-electron chi connectivity index (χ3n) is 8.88. The SMILES string of the molecule is CC(=O)OCC(=O)[C@H]1CC[C@@H]2[C@H]3CC=C4C[C@@H](O)CC[C@]4(C)[C@H]3CC[C@]12C. The van der Waals surface area contributed by atoms with Gasteiger partial charge in [-0.05, 0) is 80.0 Å². The number of aliphatic hydroxyl groups is 1. The summed E-state index contributed by atoms with van der Waals surface area (Å²) >= 11 is 0. The van der Waals surface area contributed by atoms with E-state index < -0.39 is 0 Å². The zero-order valence-electron chi connectivity index (χ0n) is 17.0. The summed E-state index contributed by atoms with van der Waals surface area (Å²) in [6.07, 6.45) is 10.6. The standard InChI is InChI=1S/C23H34O4/c1-14(24)27-13-21(26)20-7-6-18-17-5-4-15-12-16(25)8-10-22(15,2)19(17)9-11-23(18,20)3/h4,16-20,25H,5-13H2,1-3H3/t16-,17+,18+,19-,20+,22-,23-/m0/s1. The van der Waals surface area contributed by atoms with E-state index in [4.69, 9.17) is 4.74 Å². The highest BCUT2D eigenvalue weighted by Gasteiger charge is 2.59. The van der Waals surface area contributed by atoms with E-state index in [1.165, 1.54) is 18.9 Å². The second-order valence-electron chi connectivity index (χ2n) is 10.1. The van der Waals surface area contributed by atoms with Crippen molar-refractivity contribution in [1.29, 1.82) is 0 Å². The van der Waals surface area contributed by atoms with Gasteiger partial charge in [-0.2, -0.15) is 0 Å². The summed E-state index contributed by atoms with van der Waals surface area (Å²) in [6.45, 7) is 6.06. The summed E-state index contributed by atoms with van der Waals surface area (Å²) in [4.78, 5) is 23.9. The monoisotopic (exact) mass is 374 g/mol. The Balaban J connectivity index is 1.55. The number of allylic oxidation sites excluding steroid dienone is 1. The number of esters is 1. The summed E-state index contributed by atoms with van der Waals surface area (Å²) in [5.41, 5.74) is 1.78. The Bertz CT molecular complexity index is 667. The van der Waals surface area contributed by atoms with E-state index in [1.54, 1.807) is 0 Å². The van der Waals surface area contributed by atoms with Gasteiger partial charge in [0.15, 0.2) is 5.78 Å². The van der Waals surface area contributed by atoms with Gasteiger partial charge in [-0.15, -0.1) is 0 Å². The molecule has 4 rings (SSSR count). The molecule has 0 aromatic heterocycles. The minimum atomic E-state index is -0.371. The smallest absolute Gasteiger partial charge is 0.303 e. The topological polar surface area (TPSA) is 63.6 Å². The van der Waals surface area contributed by atoms with Crippen LogP contribution in [0.5, 0.6) is 0 Å². The summed E-state index contributed by atoms with van der Waals surface area (Å²) in [7, 11) is 0. The van der Waals surface area contributed by atoms with Gasteiger partial charge in [0, 0.05) is 12.8 Å². The van der Waals surface area contributed by atoms with Gasteiger partial charge < -0.3 is 9.84 Å². The summed E-state index contributed by atoms with van der Waals surface area (Å²) in [6, 6.07) is 0. The Morgan fingerprint density at radius 1 is 1.15 bits per heavy atom. The van der Waals surface area contributed by atoms with Crippen LogP contribution >= 0.6 is 0 Å². The molecule has 27 heavy (non-hydrogen) atoms. The maximum absolute atomic E-state index is 12.8. The second kappa shape index (κ2) is 6.72. The van der Waals surface area contributed by atoms with Gasteiger partial charge in [0.1, 0.15) is 6.61 Å². The van der Waals surface area contributed by atoms with Crippen molar-refractivity contribution >= 4 is 11.8 Å². The number of aliphatic hydroxyl groups excluding tert-OH is 1. The van der Waals surface area contributed by atoms with E-state index in [2.05, 4.69) is 19.9 Å². The van der Waals surface area contributed by atoms with Crippen LogP contribution in [0, 0.1) is 34.5 Å². The van der Waals surface area contributed by atoms with Gasteiger partial charge in [0.2, 0.25) is 0 Å². The number of carbonyl (C=O) groups is 2. The van der Waals surface area contributed by atoms with Crippen LogP contribution in [-0.2, 0) is 14.3 Å². The van der Waals surface area contributed by atoms with Crippen LogP contribution in [0.3, 0.4) is 0 Å². The molecule has 0 aromatic rings. The van der Waals surface area contributed by atoms with Gasteiger partial charge in [-0.25, -0.2) is 0 Å². The first-order chi connectivity index (χ1) is 12.8. The third kappa shape index (κ3) is 2.99. The van der Waals surface area contributed by atoms with Crippen LogP contribution in [0.25, 0.3) is 0 Å². The lowest BCUT2D eigenvalue weighted by atomic mass is 9.47. The lowest BCUT2D eigenvalue weighted by molar-refractivity contribution is -0.149. The Morgan fingerprint density at radius 2 is 1.93 bits per heavy atom. The van der Waals surface area contributed by atoms with Gasteiger partial charge in [0.05, 0.1) is 6.10 Å². The number of ether oxygens (including phenoxy) is 1. The highest BCUT2D eigenvalue weighted by atomic mass is 16.5. The summed E-state index contributed by atoms with van der Waals surface area (Å²) < 4.78 is 5.02. The molecule has 4 heteroatoms. The maximum Gasteiger partial charge on any atom is 0.303 e. The van der Waals surface area contributed by atoms with E-state index in [1.807, 2.05) is 0 Å². The molecule has 0 heterocycles. The summed E-state index contributed by atoms with van der Waals surface area (Å²) in [5, 5.41) is 10.1. The van der Waals surface area contributed by atoms with E-state index in [-0.39, 0.29) is 41.2 Å². The Kier molecular flexibility index (Phi) is 4.77. The van der Waals surface area contributed by atoms with Crippen LogP contribution in [-0.4, -0.2) is 29.6 Å². The van der Waals surface area contributed by atoms with Gasteiger partial charge in [-0.1, -0.05) is 25.5 Å². The highest BCUT2D eigenvalue weighted by Crippen LogP contribution is 2.66. The van der Waals surface area contributed by atoms with E-state index in [9.17, 15) is 14.7 Å². The Labute approximate surface area is 162 Å². The first-order valence-electron chi connectivity index (χ1n) is 10.8. The lowest BCUT2D eigenvalue weighted by Crippen LogP contribution is -2.51. The second-order valence-corrected chi connectivity index (χ2v) is 10.1. The van der Waals surface area contributed by atoms with Crippen molar-refractivity contribution in [2.45, 2.75) is 78.2 Å². The van der Waals surface area contributed by atoms with Gasteiger partial charge in [0.25, 0.3) is 0 Å². The fourth-order valence-corrected chi connectivity index (χ4v) is 7.44. The fraction of sp³-hybridized carbons (Fsp3) is 0.826. The highest BCUT2D eigenvalue weighted by molar-refractivity contribution is 5.85. The first kappa shape index (κ1) is 19.2. The molecule has 1 N–H and O–H groups in total. The molecule has 3 saturated carbocycles. The number of Topliss-reactive ketones (excluding diaryl/α,β-unsaturated/α-hetero) is 1. The maximum atomic E-state index is 12.8. The minimum absolute atomic E-state index is 0.0363. The molecule has 4 aliphatic rings. The zero-order valence-corrected chi connectivity index (χ0v) is 17.0. The van der Waals surface area contributed by atoms with Gasteiger partial charge in [-0.3, -0.25) is 9.59 Å². The van der Waals surface area contributed by atoms with Crippen molar-refractivity contribution in [3.8, 4) is 0 Å². The molecular weight excluding hydrogens is 340 g/mol. The van der Waals surface area contributed by atoms with Crippen molar-refractivity contribution < 1.29 is 19.4 Å². The molecule has 4 nitrogen and oxygen atoms in total. The van der Waals surface area contributed by atoms with Crippen molar-refractivity contribution in [3.05, 3.63) is 11.6 Å². The molecule has 3 fully saturated rings. The minimum Gasteiger partial charge on any atom is -0.458 e. The molecule has 0 radical (unpaired) electrons. The van der Waals surface area contributed by atoms with Crippen molar-refractivity contribution in [3.63, 3.8) is 0 Å². The molecule has 0 bridgehead atoms. The molecule has 0 amide bonds. The number of hydrogen-bond donors (Lipinski definition) is 1. The van der Waals surface area contributed by atoms with Crippen molar-refractivity contribution in [2.24, 2.45) is 34.5 Å². The molecule has 0 saturated heterocycles. The van der Waals surface area contributed by atoms with Gasteiger partial charge >= 0.3 is 5.97 Å². The average molecular weight is 375 g/mol. The molecule has 150 valence electrons. The van der Waals surface area contributed by atoms with Crippen molar-refractivity contribution in [2.75, 3.05) is 6.61 Å². The van der Waals surface area contributed by atoms with E-state index in [0.717, 1.165) is 44.9 Å². The first-order valence-corrected chi connectivity index (χ1v) is 10.8. The largest absolute Gasteiger partial charge is 0.458 e. The molecule has 0 aliphatic heterocycles. The normalized spacial score (nSPS) is 45.9. The number of hydrogen-bond acceptors (Lipinski definition) is 4. The molecule has 7 atom stereocenters. The predicted molar refractivity (Wildman–Crippen MR) is 103 cm³/mol. The Hall–Kier alpha value is -1.16. The van der Waals surface area contributed by atoms with Crippen LogP contribution in [0.1, 0.15) is 72.1 Å². The van der Waals surface area contributed by atoms with E-state index in [0.29, 0.717) is 17.8 Å². The number of fused-ring (bicyclic) bond motifs is 5. The quantitative estimate of drug-likeness (QED) is 0.598. The summed E-state index contributed by atoms with van der Waals surface area (Å²) in [5.74, 6) is 1.71. The zero-order chi connectivity index (χ0) is 19.4. The molecular formula is C23H34O4. The number of carbonyl (C=O) groups excluding carboxylic acids is 2. The fourth-order valence-electron chi connectivity index (χ4n) is 7.44. The molecule has 4 aliphatic carbocycles. The predicted octanol–water partition coefficient (Wildman–Crippen LogP) is 4.06. The average Bonchev–Trinajstić information content (AvgIpc) is 2.97. The van der Waals surface area contributed by atoms with Crippen molar-refractivity contribution in [1.82, 2.24) is 0 Å². The molecule has 0 spiro atoms. The number of ketones is 1. The van der Waals surface area contributed by atoms with E-state index >= 15 is 0 Å². The van der Waals surface area contributed by atoms with Crippen LogP contribution < -0.4 is 0 Å². The number of rotatable bonds is 3. The van der Waals surface area contributed by atoms with Crippen LogP contribution in [0.4, 0.5) is 0 Å². The third-order valence-corrected chi connectivity index (χ3v) is 8.88.